The Kier molecular flexibility index (Phi) is 1.59. The molecule has 0 bridgehead atoms. The molecule has 0 aliphatic carbocycles. The predicted octanol–water partition coefficient (Wildman–Crippen LogP) is 1.87. The van der Waals surface area contributed by atoms with Gasteiger partial charge >= 0.3 is 0 Å². The molecule has 3 nitrogen and oxygen atoms in total. The molecule has 2 heterocycles. The van der Waals surface area contributed by atoms with E-state index in [2.05, 4.69) is 14.6 Å². The highest BCUT2D eigenvalue weighted by Crippen LogP contribution is 2.28. The zero-order valence-corrected chi connectivity index (χ0v) is 7.52. The average Bonchev–Trinajstić information content (AvgIpc) is 2.42. The van der Waals surface area contributed by atoms with E-state index in [4.69, 9.17) is 0 Å². The van der Waals surface area contributed by atoms with Gasteiger partial charge in [-0.15, -0.1) is 5.10 Å². The van der Waals surface area contributed by atoms with Gasteiger partial charge in [0.15, 0.2) is 4.34 Å². The normalized spacial score (nSPS) is 10.9. The third-order valence-corrected chi connectivity index (χ3v) is 3.80. The van der Waals surface area contributed by atoms with Crippen LogP contribution in [0.25, 0.3) is 9.66 Å². The summed E-state index contributed by atoms with van der Waals surface area (Å²) in [7, 11) is 0. The lowest BCUT2D eigenvalue weighted by Crippen LogP contribution is -1.68. The second kappa shape index (κ2) is 2.44. The van der Waals surface area contributed by atoms with Gasteiger partial charge in [-0.1, -0.05) is 27.6 Å². The van der Waals surface area contributed by atoms with E-state index >= 15 is 0 Å². The Hall–Kier alpha value is -0.200. The van der Waals surface area contributed by atoms with Crippen molar-refractivity contribution in [1.29, 1.82) is 0 Å². The molecular weight excluding hydrogens is 186 g/mol. The number of nitrogens with zero attached hydrogens (tertiary/aromatic N) is 3. The number of rotatable bonds is 1. The Morgan fingerprint density at radius 3 is 3.10 bits per heavy atom. The molecule has 0 saturated carbocycles. The number of hydrogen-bond donors (Lipinski definition) is 0. The van der Waals surface area contributed by atoms with Crippen molar-refractivity contribution in [2.45, 2.75) is 4.34 Å². The summed E-state index contributed by atoms with van der Waals surface area (Å²) in [4.78, 5) is 4.21. The second-order valence-corrected chi connectivity index (χ2v) is 4.63. The zero-order valence-electron chi connectivity index (χ0n) is 5.07. The van der Waals surface area contributed by atoms with Crippen molar-refractivity contribution in [3.05, 3.63) is 0 Å². The van der Waals surface area contributed by atoms with Crippen molar-refractivity contribution in [3.8, 4) is 0 Å². The molecule has 0 amide bonds. The van der Waals surface area contributed by atoms with Gasteiger partial charge in [0.05, 0.1) is 0 Å². The summed E-state index contributed by atoms with van der Waals surface area (Å²) in [6.07, 6.45) is 2.01. The minimum atomic E-state index is 0.791. The minimum absolute atomic E-state index is 0.791. The smallest absolute Gasteiger partial charge is 0.206 e. The van der Waals surface area contributed by atoms with E-state index in [1.54, 1.807) is 23.1 Å². The number of thioether (sulfide) groups is 1. The molecule has 0 aromatic carbocycles. The van der Waals surface area contributed by atoms with E-state index < -0.39 is 0 Å². The van der Waals surface area contributed by atoms with Crippen LogP contribution >= 0.6 is 34.6 Å². The van der Waals surface area contributed by atoms with Crippen LogP contribution in [-0.4, -0.2) is 20.8 Å². The lowest BCUT2D eigenvalue weighted by Gasteiger charge is -1.77. The highest BCUT2D eigenvalue weighted by molar-refractivity contribution is 8.00. The van der Waals surface area contributed by atoms with E-state index in [0.717, 1.165) is 14.0 Å². The maximum atomic E-state index is 4.21. The maximum absolute atomic E-state index is 4.21. The molecule has 0 unspecified atom stereocenters. The van der Waals surface area contributed by atoms with Crippen LogP contribution in [0.3, 0.4) is 0 Å². The Bertz CT molecular complexity index is 309. The zero-order chi connectivity index (χ0) is 6.97. The lowest BCUT2D eigenvalue weighted by atomic mass is 10.9. The number of aromatic nitrogens is 3. The third kappa shape index (κ3) is 0.920. The number of thiazole rings is 1. The fourth-order valence-electron chi connectivity index (χ4n) is 0.586. The third-order valence-electron chi connectivity index (χ3n) is 0.994. The van der Waals surface area contributed by atoms with E-state index in [1.807, 2.05) is 6.26 Å². The molecule has 0 aliphatic heterocycles. The van der Waals surface area contributed by atoms with Gasteiger partial charge in [-0.3, -0.25) is 0 Å². The summed E-state index contributed by atoms with van der Waals surface area (Å²) in [5.74, 6) is 0. The second-order valence-electron chi connectivity index (χ2n) is 1.57. The van der Waals surface area contributed by atoms with Gasteiger partial charge < -0.3 is 0 Å². The Morgan fingerprint density at radius 2 is 2.40 bits per heavy atom. The summed E-state index contributed by atoms with van der Waals surface area (Å²) in [6, 6.07) is 0. The summed E-state index contributed by atoms with van der Waals surface area (Å²) in [5, 5.41) is 3.84. The molecule has 10 heavy (non-hydrogen) atoms. The first-order valence-corrected chi connectivity index (χ1v) is 5.34. The Morgan fingerprint density at radius 1 is 1.50 bits per heavy atom. The van der Waals surface area contributed by atoms with Crippen molar-refractivity contribution < 1.29 is 0 Å². The van der Waals surface area contributed by atoms with Gasteiger partial charge in [0, 0.05) is 11.5 Å². The molecule has 0 aliphatic rings. The quantitative estimate of drug-likeness (QED) is 0.642. The van der Waals surface area contributed by atoms with Crippen LogP contribution in [0.1, 0.15) is 0 Å². The largest absolute Gasteiger partial charge is 0.207 e. The van der Waals surface area contributed by atoms with Gasteiger partial charge in [0.25, 0.3) is 0 Å². The molecule has 52 valence electrons. The standard InChI is InChI=1S/C4H3N3S3/c1-8-4-5-2-3(9-4)10-7-6-2/h1H3. The molecule has 2 rings (SSSR count). The fraction of sp³-hybridized carbons (Fsp3) is 0.250. The van der Waals surface area contributed by atoms with Crippen LogP contribution in [0.15, 0.2) is 4.34 Å². The van der Waals surface area contributed by atoms with Crippen LogP contribution < -0.4 is 0 Å². The molecule has 0 saturated heterocycles. The van der Waals surface area contributed by atoms with Crippen molar-refractivity contribution in [2.24, 2.45) is 0 Å². The molecular formula is C4H3N3S3. The van der Waals surface area contributed by atoms with Crippen LogP contribution in [-0.2, 0) is 0 Å². The van der Waals surface area contributed by atoms with Gasteiger partial charge in [0.2, 0.25) is 5.65 Å². The topological polar surface area (TPSA) is 38.7 Å². The molecule has 0 atom stereocenters. The van der Waals surface area contributed by atoms with Gasteiger partial charge in [-0.2, -0.15) is 0 Å². The molecule has 2 aromatic heterocycles. The Balaban J connectivity index is 2.67. The molecule has 0 fully saturated rings. The summed E-state index contributed by atoms with van der Waals surface area (Å²) < 4.78 is 5.95. The molecule has 0 spiro atoms. The molecule has 0 N–H and O–H groups in total. The first kappa shape index (κ1) is 6.51. The summed E-state index contributed by atoms with van der Waals surface area (Å²) >= 11 is 4.70. The van der Waals surface area contributed by atoms with E-state index in [-0.39, 0.29) is 0 Å². The summed E-state index contributed by atoms with van der Waals surface area (Å²) in [5.41, 5.74) is 0.791. The van der Waals surface area contributed by atoms with Crippen molar-refractivity contribution in [1.82, 2.24) is 14.6 Å². The van der Waals surface area contributed by atoms with E-state index in [0.29, 0.717) is 0 Å². The minimum Gasteiger partial charge on any atom is -0.207 e. The molecule has 2 aromatic rings. The monoisotopic (exact) mass is 189 g/mol. The van der Waals surface area contributed by atoms with Gasteiger partial charge in [-0.05, 0) is 6.26 Å². The SMILES string of the molecule is CSc1nc2nnsc2s1. The lowest BCUT2D eigenvalue weighted by molar-refractivity contribution is 1.14. The van der Waals surface area contributed by atoms with Crippen LogP contribution in [0.2, 0.25) is 0 Å². The maximum Gasteiger partial charge on any atom is 0.206 e. The fourth-order valence-corrected chi connectivity index (χ4v) is 2.82. The van der Waals surface area contributed by atoms with E-state index in [9.17, 15) is 0 Å². The Labute approximate surface area is 69.7 Å². The van der Waals surface area contributed by atoms with Crippen LogP contribution in [0.4, 0.5) is 0 Å². The van der Waals surface area contributed by atoms with Gasteiger partial charge in [-0.25, -0.2) is 4.98 Å². The predicted molar refractivity (Wildman–Crippen MR) is 44.9 cm³/mol. The molecule has 0 radical (unpaired) electrons. The average molecular weight is 189 g/mol. The first-order chi connectivity index (χ1) is 4.90. The first-order valence-electron chi connectivity index (χ1n) is 2.53. The van der Waals surface area contributed by atoms with Crippen LogP contribution in [0.5, 0.6) is 0 Å². The van der Waals surface area contributed by atoms with Crippen LogP contribution in [0, 0.1) is 0 Å². The number of hydrogen-bond acceptors (Lipinski definition) is 6. The van der Waals surface area contributed by atoms with Crippen molar-refractivity contribution in [2.75, 3.05) is 6.26 Å². The highest BCUT2D eigenvalue weighted by Gasteiger charge is 2.04. The summed E-state index contributed by atoms with van der Waals surface area (Å²) in [6.45, 7) is 0. The number of fused-ring (bicyclic) bond motifs is 1. The van der Waals surface area contributed by atoms with E-state index in [1.165, 1.54) is 11.5 Å². The highest BCUT2D eigenvalue weighted by atomic mass is 32.2. The molecule has 6 heteroatoms. The van der Waals surface area contributed by atoms with Gasteiger partial charge in [0.1, 0.15) is 4.01 Å². The van der Waals surface area contributed by atoms with Crippen molar-refractivity contribution >= 4 is 44.3 Å². The van der Waals surface area contributed by atoms with Crippen molar-refractivity contribution in [3.63, 3.8) is 0 Å².